The maximum Gasteiger partial charge on any atom is 0.309 e. The molecule has 1 N–H and O–H groups in total. The third-order valence-corrected chi connectivity index (χ3v) is 6.69. The van der Waals surface area contributed by atoms with Crippen LogP contribution in [0.4, 0.5) is 0 Å². The smallest absolute Gasteiger partial charge is 0.309 e. The van der Waals surface area contributed by atoms with Crippen LogP contribution in [0.3, 0.4) is 0 Å². The van der Waals surface area contributed by atoms with Crippen LogP contribution in [0, 0.1) is 17.3 Å². The Bertz CT molecular complexity index is 494. The van der Waals surface area contributed by atoms with Gasteiger partial charge in [-0.1, -0.05) is 12.8 Å². The third kappa shape index (κ3) is 4.06. The van der Waals surface area contributed by atoms with E-state index in [1.807, 2.05) is 11.8 Å². The lowest BCUT2D eigenvalue weighted by Crippen LogP contribution is -2.48. The molecule has 1 unspecified atom stereocenters. The summed E-state index contributed by atoms with van der Waals surface area (Å²) in [6.45, 7) is 5.35. The van der Waals surface area contributed by atoms with Crippen molar-refractivity contribution in [1.29, 1.82) is 0 Å². The fourth-order valence-corrected chi connectivity index (χ4v) is 5.14. The molecule has 0 aromatic carbocycles. The van der Waals surface area contributed by atoms with Crippen LogP contribution in [0.25, 0.3) is 0 Å². The van der Waals surface area contributed by atoms with Gasteiger partial charge < -0.3 is 19.5 Å². The largest absolute Gasteiger partial charge is 0.481 e. The van der Waals surface area contributed by atoms with Gasteiger partial charge in [0.25, 0.3) is 0 Å². The number of carbonyl (C=O) groups is 2. The van der Waals surface area contributed by atoms with Gasteiger partial charge in [0, 0.05) is 32.9 Å². The molecule has 0 radical (unpaired) electrons. The van der Waals surface area contributed by atoms with Gasteiger partial charge in [-0.25, -0.2) is 0 Å². The summed E-state index contributed by atoms with van der Waals surface area (Å²) in [7, 11) is 0. The van der Waals surface area contributed by atoms with Crippen LogP contribution in [-0.4, -0.2) is 60.9 Å². The lowest BCUT2D eigenvalue weighted by molar-refractivity contribution is -0.148. The summed E-state index contributed by atoms with van der Waals surface area (Å²) in [5, 5.41) is 9.38. The minimum absolute atomic E-state index is 0.178. The number of carboxylic acid groups (broad SMARTS) is 1. The average molecular weight is 367 g/mol. The number of amides is 1. The predicted octanol–water partition coefficient (Wildman–Crippen LogP) is 2.70. The normalized spacial score (nSPS) is 29.2. The van der Waals surface area contributed by atoms with Crippen LogP contribution in [0.1, 0.15) is 58.3 Å². The molecule has 0 aromatic rings. The molecule has 6 heteroatoms. The third-order valence-electron chi connectivity index (χ3n) is 6.69. The van der Waals surface area contributed by atoms with Crippen molar-refractivity contribution in [3.8, 4) is 0 Å². The molecule has 2 saturated heterocycles. The second-order valence-corrected chi connectivity index (χ2v) is 8.13. The molecule has 1 saturated carbocycles. The number of likely N-dealkylation sites (tertiary alicyclic amines) is 1. The van der Waals surface area contributed by atoms with Crippen molar-refractivity contribution in [1.82, 2.24) is 4.90 Å². The fourth-order valence-electron chi connectivity index (χ4n) is 5.14. The van der Waals surface area contributed by atoms with Crippen molar-refractivity contribution < 1.29 is 24.2 Å². The molecule has 3 rings (SSSR count). The van der Waals surface area contributed by atoms with E-state index in [1.54, 1.807) is 0 Å². The van der Waals surface area contributed by atoms with E-state index >= 15 is 0 Å². The van der Waals surface area contributed by atoms with E-state index < -0.39 is 5.97 Å². The minimum atomic E-state index is -0.744. The van der Waals surface area contributed by atoms with Crippen molar-refractivity contribution in [2.45, 2.75) is 64.4 Å². The molecule has 2 atom stereocenters. The quantitative estimate of drug-likeness (QED) is 0.700. The molecule has 1 aliphatic carbocycles. The number of piperidine rings is 1. The number of nitrogens with zero attached hydrogens (tertiary/aromatic N) is 1. The van der Waals surface area contributed by atoms with E-state index in [4.69, 9.17) is 9.47 Å². The van der Waals surface area contributed by atoms with Crippen LogP contribution in [0.15, 0.2) is 0 Å². The highest BCUT2D eigenvalue weighted by molar-refractivity contribution is 5.83. The summed E-state index contributed by atoms with van der Waals surface area (Å²) in [6, 6.07) is 0. The number of rotatable bonds is 7. The Morgan fingerprint density at radius 3 is 2.50 bits per heavy atom. The molecule has 148 valence electrons. The Balaban J connectivity index is 1.56. The maximum absolute atomic E-state index is 13.3. The van der Waals surface area contributed by atoms with Gasteiger partial charge in [-0.2, -0.15) is 0 Å². The van der Waals surface area contributed by atoms with Crippen LogP contribution < -0.4 is 0 Å². The second-order valence-electron chi connectivity index (χ2n) is 8.13. The van der Waals surface area contributed by atoms with Crippen molar-refractivity contribution in [2.24, 2.45) is 17.3 Å². The molecule has 3 fully saturated rings. The number of carboxylic acids is 1. The molecule has 0 bridgehead atoms. The first kappa shape index (κ1) is 19.6. The minimum Gasteiger partial charge on any atom is -0.481 e. The second kappa shape index (κ2) is 8.70. The standard InChI is InChI=1S/C20H33NO5/c1-2-25-14-10-20(8-3-4-9-20)19(24)21-11-5-15(6-12-21)17-16(18(22)23)7-13-26-17/h15-17H,2-14H2,1H3,(H,22,23)/t16?,17-/m0/s1. The fraction of sp³-hybridized carbons (Fsp3) is 0.900. The first-order valence-electron chi connectivity index (χ1n) is 10.3. The Morgan fingerprint density at radius 2 is 1.88 bits per heavy atom. The number of aliphatic carboxylic acids is 1. The Morgan fingerprint density at radius 1 is 1.19 bits per heavy atom. The Kier molecular flexibility index (Phi) is 6.56. The van der Waals surface area contributed by atoms with Crippen molar-refractivity contribution in [3.63, 3.8) is 0 Å². The van der Waals surface area contributed by atoms with Gasteiger partial charge >= 0.3 is 5.97 Å². The molecule has 3 aliphatic rings. The lowest BCUT2D eigenvalue weighted by atomic mass is 9.79. The van der Waals surface area contributed by atoms with Crippen LogP contribution >= 0.6 is 0 Å². The van der Waals surface area contributed by atoms with Gasteiger partial charge in [0.05, 0.1) is 17.4 Å². The van der Waals surface area contributed by atoms with Gasteiger partial charge in [-0.05, 0) is 51.4 Å². The summed E-state index contributed by atoms with van der Waals surface area (Å²) in [5.41, 5.74) is -0.227. The number of carbonyl (C=O) groups excluding carboxylic acids is 1. The Hall–Kier alpha value is -1.14. The molecule has 0 aromatic heterocycles. The van der Waals surface area contributed by atoms with E-state index in [1.165, 1.54) is 0 Å². The van der Waals surface area contributed by atoms with Gasteiger partial charge in [-0.3, -0.25) is 9.59 Å². The van der Waals surface area contributed by atoms with Gasteiger partial charge in [-0.15, -0.1) is 0 Å². The van der Waals surface area contributed by atoms with E-state index in [2.05, 4.69) is 0 Å². The molecule has 6 nitrogen and oxygen atoms in total. The highest BCUT2D eigenvalue weighted by atomic mass is 16.5. The highest BCUT2D eigenvalue weighted by Gasteiger charge is 2.45. The molecule has 26 heavy (non-hydrogen) atoms. The number of hydrogen-bond donors (Lipinski definition) is 1. The van der Waals surface area contributed by atoms with E-state index in [9.17, 15) is 14.7 Å². The zero-order valence-electron chi connectivity index (χ0n) is 16.0. The van der Waals surface area contributed by atoms with Crippen LogP contribution in [0.2, 0.25) is 0 Å². The summed E-state index contributed by atoms with van der Waals surface area (Å²) in [5.74, 6) is -0.567. The molecule has 2 aliphatic heterocycles. The average Bonchev–Trinajstić information content (AvgIpc) is 3.32. The van der Waals surface area contributed by atoms with Gasteiger partial charge in [0.1, 0.15) is 0 Å². The van der Waals surface area contributed by atoms with Gasteiger partial charge in [0.2, 0.25) is 5.91 Å². The molecule has 1 amide bonds. The van der Waals surface area contributed by atoms with Crippen molar-refractivity contribution in [3.05, 3.63) is 0 Å². The summed E-state index contributed by atoms with van der Waals surface area (Å²) in [6.07, 6.45) is 7.17. The first-order chi connectivity index (χ1) is 12.6. The molecular formula is C20H33NO5. The monoisotopic (exact) mass is 367 g/mol. The Labute approximate surface area is 156 Å². The number of hydrogen-bond acceptors (Lipinski definition) is 4. The maximum atomic E-state index is 13.3. The predicted molar refractivity (Wildman–Crippen MR) is 96.8 cm³/mol. The summed E-state index contributed by atoms with van der Waals surface area (Å²) in [4.78, 5) is 26.7. The first-order valence-corrected chi connectivity index (χ1v) is 10.3. The SMILES string of the molecule is CCOCCC1(C(=O)N2CCC([C@@H]3OCCC3C(=O)O)CC2)CCCC1. The van der Waals surface area contributed by atoms with E-state index in [0.29, 0.717) is 32.1 Å². The van der Waals surface area contributed by atoms with Gasteiger partial charge in [0.15, 0.2) is 0 Å². The van der Waals surface area contributed by atoms with E-state index in [0.717, 1.165) is 58.0 Å². The summed E-state index contributed by atoms with van der Waals surface area (Å²) < 4.78 is 11.3. The van der Waals surface area contributed by atoms with Crippen LogP contribution in [-0.2, 0) is 19.1 Å². The molecule has 2 heterocycles. The summed E-state index contributed by atoms with van der Waals surface area (Å²) >= 11 is 0. The van der Waals surface area contributed by atoms with Crippen molar-refractivity contribution in [2.75, 3.05) is 32.9 Å². The lowest BCUT2D eigenvalue weighted by Gasteiger charge is -2.40. The topological polar surface area (TPSA) is 76.1 Å². The van der Waals surface area contributed by atoms with Crippen LogP contribution in [0.5, 0.6) is 0 Å². The number of ether oxygens (including phenoxy) is 2. The highest BCUT2D eigenvalue weighted by Crippen LogP contribution is 2.44. The zero-order chi connectivity index (χ0) is 18.6. The molecule has 0 spiro atoms. The van der Waals surface area contributed by atoms with Crippen molar-refractivity contribution >= 4 is 11.9 Å². The molecular weight excluding hydrogens is 334 g/mol. The zero-order valence-corrected chi connectivity index (χ0v) is 16.0. The van der Waals surface area contributed by atoms with E-state index in [-0.39, 0.29) is 23.4 Å².